The van der Waals surface area contributed by atoms with Gasteiger partial charge in [-0.15, -0.1) is 4.40 Å². The zero-order valence-corrected chi connectivity index (χ0v) is 18.2. The number of rotatable bonds is 3. The van der Waals surface area contributed by atoms with E-state index in [1.807, 2.05) is 30.3 Å². The first-order valence-corrected chi connectivity index (χ1v) is 11.5. The number of hydrogen-bond acceptors (Lipinski definition) is 6. The van der Waals surface area contributed by atoms with Crippen molar-refractivity contribution in [2.45, 2.75) is 11.8 Å². The lowest BCUT2D eigenvalue weighted by Crippen LogP contribution is -2.31. The highest BCUT2D eigenvalue weighted by molar-refractivity contribution is 7.90. The number of fused-ring (bicyclic) bond motifs is 2. The Balaban J connectivity index is 1.79. The molecule has 0 spiro atoms. The van der Waals surface area contributed by atoms with E-state index in [1.165, 1.54) is 6.07 Å². The van der Waals surface area contributed by atoms with Crippen molar-refractivity contribution in [2.24, 2.45) is 9.50 Å². The minimum atomic E-state index is -4.07. The second kappa shape index (κ2) is 7.72. The van der Waals surface area contributed by atoms with Crippen molar-refractivity contribution in [3.05, 3.63) is 100 Å². The average Bonchev–Trinajstić information content (AvgIpc) is 2.82. The molecule has 4 aromatic rings. The molecule has 2 heterocycles. The predicted octanol–water partition coefficient (Wildman–Crippen LogP) is 3.54. The van der Waals surface area contributed by atoms with Gasteiger partial charge in [0.05, 0.1) is 16.9 Å². The monoisotopic (exact) mass is 458 g/mol. The molecule has 2 N–H and O–H groups in total. The summed E-state index contributed by atoms with van der Waals surface area (Å²) in [4.78, 5) is 13.6. The number of nitrogens with one attached hydrogen (secondary N) is 1. The highest BCUT2D eigenvalue weighted by atomic mass is 32.2. The largest absolute Gasteiger partial charge is 0.506 e. The Kier molecular flexibility index (Phi) is 4.83. The quantitative estimate of drug-likeness (QED) is 0.456. The molecule has 0 fully saturated rings. The lowest BCUT2D eigenvalue weighted by atomic mass is 10.1. The van der Waals surface area contributed by atoms with Gasteiger partial charge in [0.2, 0.25) is 0 Å². The van der Waals surface area contributed by atoms with Crippen molar-refractivity contribution in [3.63, 3.8) is 0 Å². The smallest absolute Gasteiger partial charge is 0.286 e. The Morgan fingerprint density at radius 3 is 2.42 bits per heavy atom. The average molecular weight is 458 g/mol. The van der Waals surface area contributed by atoms with E-state index < -0.39 is 15.6 Å². The van der Waals surface area contributed by atoms with Gasteiger partial charge in [-0.25, -0.2) is 0 Å². The fraction of sp³-hybridized carbons (Fsp3) is 0.0417. The Morgan fingerprint density at radius 2 is 1.64 bits per heavy atom. The van der Waals surface area contributed by atoms with E-state index in [4.69, 9.17) is 0 Å². The van der Waals surface area contributed by atoms with E-state index in [9.17, 15) is 18.3 Å². The number of nitrogens with zero attached hydrogens (tertiary/aromatic N) is 3. The molecule has 0 unspecified atom stereocenters. The maximum absolute atomic E-state index is 13.6. The molecule has 1 aliphatic heterocycles. The fourth-order valence-electron chi connectivity index (χ4n) is 3.73. The second-order valence-corrected chi connectivity index (χ2v) is 9.02. The lowest BCUT2D eigenvalue weighted by Gasteiger charge is -2.19. The van der Waals surface area contributed by atoms with Gasteiger partial charge in [-0.2, -0.15) is 18.2 Å². The van der Waals surface area contributed by atoms with E-state index in [-0.39, 0.29) is 27.7 Å². The van der Waals surface area contributed by atoms with E-state index >= 15 is 0 Å². The van der Waals surface area contributed by atoms with Gasteiger partial charge in [0.15, 0.2) is 5.84 Å². The van der Waals surface area contributed by atoms with Crippen LogP contribution in [0.3, 0.4) is 0 Å². The molecular weight excluding hydrogens is 440 g/mol. The SMILES string of the molecule is C/C(=N\n1c(=O)c(C2=NS(=O)(=O)c3ccccc3N2)c(O)c2ccccc21)c1ccccc1. The van der Waals surface area contributed by atoms with Gasteiger partial charge >= 0.3 is 0 Å². The van der Waals surface area contributed by atoms with Crippen LogP contribution in [0.4, 0.5) is 5.69 Å². The number of hydrogen-bond donors (Lipinski definition) is 2. The molecule has 0 bridgehead atoms. The van der Waals surface area contributed by atoms with E-state index in [0.29, 0.717) is 16.6 Å². The molecule has 3 aromatic carbocycles. The highest BCUT2D eigenvalue weighted by Gasteiger charge is 2.29. The van der Waals surface area contributed by atoms with Gasteiger partial charge in [0, 0.05) is 5.39 Å². The topological polar surface area (TPSA) is 113 Å². The molecule has 0 radical (unpaired) electrons. The third-order valence-corrected chi connectivity index (χ3v) is 6.67. The fourth-order valence-corrected chi connectivity index (χ4v) is 4.86. The Hall–Kier alpha value is -4.24. The standard InChI is InChI=1S/C24H18N4O4S/c1-15(16-9-3-2-4-10-16)26-28-19-13-7-5-11-17(19)22(29)21(24(28)30)23-25-18-12-6-8-14-20(18)33(31,32)27-23/h2-14,29H,1H3,(H,25,27)/b26-15+. The molecular formula is C24H18N4O4S. The zero-order valence-electron chi connectivity index (χ0n) is 17.4. The summed E-state index contributed by atoms with van der Waals surface area (Å²) < 4.78 is 30.4. The van der Waals surface area contributed by atoms with Crippen molar-refractivity contribution in [1.29, 1.82) is 0 Å². The van der Waals surface area contributed by atoms with Crippen LogP contribution in [0.25, 0.3) is 10.9 Å². The first-order valence-electron chi connectivity index (χ1n) is 10.1. The number of aromatic hydroxyl groups is 1. The molecule has 1 aromatic heterocycles. The van der Waals surface area contributed by atoms with Crippen LogP contribution in [0.15, 0.2) is 98.1 Å². The number of pyridine rings is 1. The maximum atomic E-state index is 13.6. The van der Waals surface area contributed by atoms with Crippen LogP contribution in [0, 0.1) is 0 Å². The second-order valence-electron chi connectivity index (χ2n) is 7.45. The highest BCUT2D eigenvalue weighted by Crippen LogP contribution is 2.32. The zero-order chi connectivity index (χ0) is 23.2. The van der Waals surface area contributed by atoms with Gasteiger partial charge in [0.1, 0.15) is 16.2 Å². The van der Waals surface area contributed by atoms with Crippen LogP contribution in [-0.4, -0.2) is 29.7 Å². The van der Waals surface area contributed by atoms with Crippen molar-refractivity contribution in [3.8, 4) is 5.75 Å². The molecule has 1 aliphatic rings. The van der Waals surface area contributed by atoms with Gasteiger partial charge < -0.3 is 10.4 Å². The number of anilines is 1. The molecule has 0 atom stereocenters. The van der Waals surface area contributed by atoms with Crippen LogP contribution in [0.2, 0.25) is 0 Å². The summed E-state index contributed by atoms with van der Waals surface area (Å²) in [5.41, 5.74) is 1.03. The van der Waals surface area contributed by atoms with Crippen molar-refractivity contribution in [2.75, 3.05) is 5.32 Å². The molecule has 8 nitrogen and oxygen atoms in total. The predicted molar refractivity (Wildman–Crippen MR) is 128 cm³/mol. The molecule has 0 aliphatic carbocycles. The third kappa shape index (κ3) is 3.48. The van der Waals surface area contributed by atoms with Crippen LogP contribution >= 0.6 is 0 Å². The molecule has 5 rings (SSSR count). The van der Waals surface area contributed by atoms with Crippen LogP contribution in [0.1, 0.15) is 18.1 Å². The number of sulfonamides is 1. The lowest BCUT2D eigenvalue weighted by molar-refractivity contribution is 0.478. The van der Waals surface area contributed by atoms with E-state index in [2.05, 4.69) is 14.8 Å². The van der Waals surface area contributed by atoms with Gasteiger partial charge in [-0.3, -0.25) is 4.79 Å². The molecule has 164 valence electrons. The third-order valence-electron chi connectivity index (χ3n) is 5.34. The van der Waals surface area contributed by atoms with Crippen molar-refractivity contribution in [1.82, 2.24) is 4.68 Å². The summed E-state index contributed by atoms with van der Waals surface area (Å²) in [6.45, 7) is 1.76. The number of aromatic nitrogens is 1. The normalized spacial score (nSPS) is 14.9. The molecule has 0 saturated heterocycles. The summed E-state index contributed by atoms with van der Waals surface area (Å²) in [7, 11) is -4.07. The Bertz CT molecular complexity index is 1640. The van der Waals surface area contributed by atoms with Gasteiger partial charge in [0.25, 0.3) is 15.6 Å². The Morgan fingerprint density at radius 1 is 0.970 bits per heavy atom. The minimum Gasteiger partial charge on any atom is -0.506 e. The molecule has 0 amide bonds. The summed E-state index contributed by atoms with van der Waals surface area (Å²) in [6, 6.07) is 22.3. The summed E-state index contributed by atoms with van der Waals surface area (Å²) in [5, 5.41) is 18.7. The summed E-state index contributed by atoms with van der Waals surface area (Å²) >= 11 is 0. The first-order chi connectivity index (χ1) is 15.9. The van der Waals surface area contributed by atoms with Crippen LogP contribution < -0.4 is 10.9 Å². The van der Waals surface area contributed by atoms with E-state index in [1.54, 1.807) is 49.4 Å². The van der Waals surface area contributed by atoms with Crippen LogP contribution in [0.5, 0.6) is 5.75 Å². The summed E-state index contributed by atoms with van der Waals surface area (Å²) in [5.74, 6) is -0.636. The van der Waals surface area contributed by atoms with Gasteiger partial charge in [-0.1, -0.05) is 54.6 Å². The first kappa shape index (κ1) is 20.7. The molecule has 0 saturated carbocycles. The van der Waals surface area contributed by atoms with Crippen LogP contribution in [-0.2, 0) is 10.0 Å². The number of benzene rings is 3. The summed E-state index contributed by atoms with van der Waals surface area (Å²) in [6.07, 6.45) is 0. The number of para-hydroxylation sites is 2. The van der Waals surface area contributed by atoms with Crippen molar-refractivity contribution < 1.29 is 13.5 Å². The van der Waals surface area contributed by atoms with Crippen molar-refractivity contribution >= 4 is 38.2 Å². The Labute approximate surface area is 189 Å². The maximum Gasteiger partial charge on any atom is 0.286 e. The number of amidine groups is 1. The minimum absolute atomic E-state index is 0.00713. The van der Waals surface area contributed by atoms with E-state index in [0.717, 1.165) is 10.2 Å². The molecule has 33 heavy (non-hydrogen) atoms. The molecule has 9 heteroatoms. The van der Waals surface area contributed by atoms with Gasteiger partial charge in [-0.05, 0) is 36.8 Å².